The second-order valence-electron chi connectivity index (χ2n) is 9.65. The van der Waals surface area contributed by atoms with Crippen LogP contribution in [-0.2, 0) is 6.42 Å². The third-order valence-corrected chi connectivity index (χ3v) is 6.65. The summed E-state index contributed by atoms with van der Waals surface area (Å²) in [4.78, 5) is 28.2. The van der Waals surface area contributed by atoms with Gasteiger partial charge in [-0.3, -0.25) is 9.59 Å². The van der Waals surface area contributed by atoms with E-state index in [2.05, 4.69) is 5.32 Å². The fraction of sp³-hybridized carbons (Fsp3) is 0.375. The topological polar surface area (TPSA) is 105 Å². The second kappa shape index (κ2) is 15.7. The number of hydrogen-bond donors (Lipinski definition) is 3. The summed E-state index contributed by atoms with van der Waals surface area (Å²) in [6, 6.07) is 24.4. The monoisotopic (exact) mass is 531 g/mol. The summed E-state index contributed by atoms with van der Waals surface area (Å²) < 4.78 is 5.75. The minimum absolute atomic E-state index is 0.147. The Morgan fingerprint density at radius 1 is 0.897 bits per heavy atom. The van der Waals surface area contributed by atoms with Gasteiger partial charge in [-0.15, -0.1) is 0 Å². The van der Waals surface area contributed by atoms with Gasteiger partial charge in [-0.05, 0) is 54.7 Å². The number of hydrogen-bond acceptors (Lipinski definition) is 5. The molecule has 2 atom stereocenters. The van der Waals surface area contributed by atoms with E-state index in [1.165, 1.54) is 0 Å². The van der Waals surface area contributed by atoms with Gasteiger partial charge in [0.25, 0.3) is 5.91 Å². The zero-order valence-electron chi connectivity index (χ0n) is 23.0. The van der Waals surface area contributed by atoms with Crippen molar-refractivity contribution in [1.29, 1.82) is 0 Å². The molecule has 39 heavy (non-hydrogen) atoms. The van der Waals surface area contributed by atoms with Gasteiger partial charge in [-0.1, -0.05) is 68.4 Å². The van der Waals surface area contributed by atoms with Crippen LogP contribution in [0.5, 0.6) is 5.75 Å². The van der Waals surface area contributed by atoms with Crippen LogP contribution in [0.25, 0.3) is 0 Å². The average molecular weight is 532 g/mol. The molecule has 0 saturated carbocycles. The smallest absolute Gasteiger partial charge is 0.254 e. The average Bonchev–Trinajstić information content (AvgIpc) is 2.96. The highest BCUT2D eigenvalue weighted by molar-refractivity contribution is 6.02. The van der Waals surface area contributed by atoms with Gasteiger partial charge in [0, 0.05) is 43.2 Å². The molecule has 0 fully saturated rings. The van der Waals surface area contributed by atoms with Crippen LogP contribution in [0, 0.1) is 0 Å². The number of benzene rings is 3. The molecule has 0 aliphatic carbocycles. The third-order valence-electron chi connectivity index (χ3n) is 6.65. The summed E-state index contributed by atoms with van der Waals surface area (Å²) >= 11 is 0. The van der Waals surface area contributed by atoms with Crippen molar-refractivity contribution >= 4 is 11.8 Å². The molecule has 0 spiro atoms. The van der Waals surface area contributed by atoms with Gasteiger partial charge in [0.2, 0.25) is 5.91 Å². The number of nitrogens with two attached hydrogens (primary N) is 1. The molecule has 0 heterocycles. The van der Waals surface area contributed by atoms with E-state index in [-0.39, 0.29) is 18.0 Å². The number of aliphatic hydroxyl groups is 1. The first-order chi connectivity index (χ1) is 19.0. The summed E-state index contributed by atoms with van der Waals surface area (Å²) in [5.41, 5.74) is 8.00. The van der Waals surface area contributed by atoms with Crippen LogP contribution >= 0.6 is 0 Å². The molecular weight excluding hydrogens is 490 g/mol. The highest BCUT2D eigenvalue weighted by Crippen LogP contribution is 2.32. The molecule has 3 aromatic rings. The molecule has 0 aliphatic heterocycles. The number of nitrogens with one attached hydrogen (secondary N) is 1. The summed E-state index contributed by atoms with van der Waals surface area (Å²) in [5, 5.41) is 14.8. The van der Waals surface area contributed by atoms with Crippen molar-refractivity contribution in [2.24, 2.45) is 5.73 Å². The Kier molecular flexibility index (Phi) is 12.0. The lowest BCUT2D eigenvalue weighted by Crippen LogP contribution is -2.38. The zero-order chi connectivity index (χ0) is 28.0. The summed E-state index contributed by atoms with van der Waals surface area (Å²) in [6.45, 7) is 6.50. The standard InChI is InChI=1S/C32H41N3O4/c1-3-19-35(20-4-2)32(38)27-17-11-16-26(31(33)37)30(27)28(22-24-12-7-5-8-13-24)29(36)23-34-18-21-39-25-14-9-6-10-15-25/h5-17,28-29,34,36H,3-4,18-23H2,1-2H3,(H2,33,37)/t28-,29+/m1/s1. The number of primary amides is 1. The van der Waals surface area contributed by atoms with Crippen molar-refractivity contribution < 1.29 is 19.4 Å². The van der Waals surface area contributed by atoms with E-state index < -0.39 is 17.9 Å². The quantitative estimate of drug-likeness (QED) is 0.238. The highest BCUT2D eigenvalue weighted by Gasteiger charge is 2.31. The number of para-hydroxylation sites is 1. The van der Waals surface area contributed by atoms with Crippen molar-refractivity contribution in [3.05, 3.63) is 101 Å². The second-order valence-corrected chi connectivity index (χ2v) is 9.65. The predicted molar refractivity (Wildman–Crippen MR) is 155 cm³/mol. The van der Waals surface area contributed by atoms with Crippen LogP contribution in [0.3, 0.4) is 0 Å². The van der Waals surface area contributed by atoms with E-state index in [4.69, 9.17) is 10.5 Å². The van der Waals surface area contributed by atoms with Gasteiger partial charge in [0.05, 0.1) is 6.10 Å². The Bertz CT molecular complexity index is 1160. The van der Waals surface area contributed by atoms with Gasteiger partial charge < -0.3 is 25.8 Å². The van der Waals surface area contributed by atoms with Crippen molar-refractivity contribution in [3.63, 3.8) is 0 Å². The molecule has 0 unspecified atom stereocenters. The third kappa shape index (κ3) is 8.67. The molecule has 0 bridgehead atoms. The van der Waals surface area contributed by atoms with Crippen LogP contribution < -0.4 is 15.8 Å². The largest absolute Gasteiger partial charge is 0.492 e. The highest BCUT2D eigenvalue weighted by atomic mass is 16.5. The van der Waals surface area contributed by atoms with E-state index >= 15 is 0 Å². The first-order valence-corrected chi connectivity index (χ1v) is 13.8. The van der Waals surface area contributed by atoms with Gasteiger partial charge in [-0.25, -0.2) is 0 Å². The van der Waals surface area contributed by atoms with Gasteiger partial charge >= 0.3 is 0 Å². The van der Waals surface area contributed by atoms with Crippen molar-refractivity contribution in [3.8, 4) is 5.75 Å². The molecule has 0 radical (unpaired) electrons. The fourth-order valence-corrected chi connectivity index (χ4v) is 4.84. The number of amides is 2. The van der Waals surface area contributed by atoms with Crippen LogP contribution in [0.15, 0.2) is 78.9 Å². The van der Waals surface area contributed by atoms with Gasteiger partial charge in [-0.2, -0.15) is 0 Å². The Morgan fingerprint density at radius 2 is 1.51 bits per heavy atom. The molecule has 0 aliphatic rings. The van der Waals surface area contributed by atoms with Crippen LogP contribution in [0.4, 0.5) is 0 Å². The molecule has 7 heteroatoms. The summed E-state index contributed by atoms with van der Waals surface area (Å²) in [6.07, 6.45) is 1.19. The summed E-state index contributed by atoms with van der Waals surface area (Å²) in [7, 11) is 0. The minimum Gasteiger partial charge on any atom is -0.492 e. The van der Waals surface area contributed by atoms with E-state index in [1.807, 2.05) is 79.4 Å². The van der Waals surface area contributed by atoms with E-state index in [0.717, 1.165) is 24.2 Å². The summed E-state index contributed by atoms with van der Waals surface area (Å²) in [5.74, 6) is -0.523. The minimum atomic E-state index is -0.889. The lowest BCUT2D eigenvalue weighted by Gasteiger charge is -2.29. The van der Waals surface area contributed by atoms with Crippen molar-refractivity contribution in [2.45, 2.75) is 45.1 Å². The first kappa shape index (κ1) is 29.9. The predicted octanol–water partition coefficient (Wildman–Crippen LogP) is 4.40. The molecule has 208 valence electrons. The Hall–Kier alpha value is -3.68. The van der Waals surface area contributed by atoms with E-state index in [0.29, 0.717) is 43.8 Å². The van der Waals surface area contributed by atoms with E-state index in [1.54, 1.807) is 18.2 Å². The van der Waals surface area contributed by atoms with Gasteiger partial charge in [0.15, 0.2) is 0 Å². The maximum Gasteiger partial charge on any atom is 0.254 e. The molecule has 3 rings (SSSR count). The number of ether oxygens (including phenoxy) is 1. The maximum absolute atomic E-state index is 13.8. The Labute approximate surface area is 232 Å². The van der Waals surface area contributed by atoms with Crippen LogP contribution in [-0.4, -0.2) is 60.7 Å². The normalized spacial score (nSPS) is 12.5. The molecular formula is C32H41N3O4. The maximum atomic E-state index is 13.8. The molecule has 4 N–H and O–H groups in total. The number of carbonyl (C=O) groups is 2. The SMILES string of the molecule is CCCN(CCC)C(=O)c1cccc(C(N)=O)c1[C@H](Cc1ccccc1)[C@@H](O)CNCCOc1ccccc1. The lowest BCUT2D eigenvalue weighted by atomic mass is 9.81. The van der Waals surface area contributed by atoms with Crippen LogP contribution in [0.2, 0.25) is 0 Å². The van der Waals surface area contributed by atoms with Gasteiger partial charge in [0.1, 0.15) is 12.4 Å². The number of carbonyl (C=O) groups excluding carboxylic acids is 2. The van der Waals surface area contributed by atoms with Crippen molar-refractivity contribution in [2.75, 3.05) is 32.8 Å². The number of rotatable bonds is 16. The molecule has 2 amide bonds. The number of nitrogens with zero attached hydrogens (tertiary/aromatic N) is 1. The zero-order valence-corrected chi connectivity index (χ0v) is 23.0. The van der Waals surface area contributed by atoms with Crippen LogP contribution in [0.1, 0.15) is 64.4 Å². The Balaban J connectivity index is 1.90. The lowest BCUT2D eigenvalue weighted by molar-refractivity contribution is 0.0751. The molecule has 3 aromatic carbocycles. The van der Waals surface area contributed by atoms with Crippen molar-refractivity contribution in [1.82, 2.24) is 10.2 Å². The molecule has 7 nitrogen and oxygen atoms in total. The number of aliphatic hydroxyl groups excluding tert-OH is 1. The fourth-order valence-electron chi connectivity index (χ4n) is 4.84. The Morgan fingerprint density at radius 3 is 2.13 bits per heavy atom. The molecule has 0 saturated heterocycles. The molecule has 0 aromatic heterocycles. The van der Waals surface area contributed by atoms with E-state index in [9.17, 15) is 14.7 Å². The first-order valence-electron chi connectivity index (χ1n) is 13.8.